The molecule has 0 atom stereocenters. The summed E-state index contributed by atoms with van der Waals surface area (Å²) in [5.74, 6) is -0.0411. The maximum atomic E-state index is 12.3. The quantitative estimate of drug-likeness (QED) is 0.877. The van der Waals surface area contributed by atoms with Crippen LogP contribution in [0, 0.1) is 6.92 Å². The van der Waals surface area contributed by atoms with Crippen molar-refractivity contribution in [2.75, 3.05) is 11.9 Å². The standard InChI is InChI=1S/C17H18N2O/c1-12-4-2-5-13(10-12)17(20)19-16-7-3-6-14-11-18-9-8-15(14)16/h2-7,10,18H,8-9,11H2,1H3,(H,19,20). The first kappa shape index (κ1) is 12.9. The second kappa shape index (κ2) is 5.47. The van der Waals surface area contributed by atoms with Crippen LogP contribution >= 0.6 is 0 Å². The number of hydrogen-bond acceptors (Lipinski definition) is 2. The molecule has 3 rings (SSSR count). The normalized spacial score (nSPS) is 13.7. The molecule has 0 aliphatic carbocycles. The molecule has 0 fully saturated rings. The van der Waals surface area contributed by atoms with Gasteiger partial charge in [0.1, 0.15) is 0 Å². The largest absolute Gasteiger partial charge is 0.322 e. The summed E-state index contributed by atoms with van der Waals surface area (Å²) in [4.78, 5) is 12.3. The topological polar surface area (TPSA) is 41.1 Å². The van der Waals surface area contributed by atoms with E-state index < -0.39 is 0 Å². The Hall–Kier alpha value is -2.13. The van der Waals surface area contributed by atoms with Gasteiger partial charge in [-0.15, -0.1) is 0 Å². The van der Waals surface area contributed by atoms with Crippen LogP contribution in [0.15, 0.2) is 42.5 Å². The number of carbonyl (C=O) groups is 1. The molecule has 0 aromatic heterocycles. The van der Waals surface area contributed by atoms with Crippen molar-refractivity contribution in [2.45, 2.75) is 19.9 Å². The molecule has 0 bridgehead atoms. The molecule has 0 saturated carbocycles. The van der Waals surface area contributed by atoms with Crippen molar-refractivity contribution in [1.29, 1.82) is 0 Å². The number of amides is 1. The van der Waals surface area contributed by atoms with Crippen LogP contribution < -0.4 is 10.6 Å². The Bertz CT molecular complexity index is 649. The summed E-state index contributed by atoms with van der Waals surface area (Å²) in [5.41, 5.74) is 5.27. The predicted molar refractivity (Wildman–Crippen MR) is 81.0 cm³/mol. The molecule has 1 aliphatic heterocycles. The van der Waals surface area contributed by atoms with Gasteiger partial charge in [-0.25, -0.2) is 0 Å². The van der Waals surface area contributed by atoms with Gasteiger partial charge in [-0.2, -0.15) is 0 Å². The fraction of sp³-hybridized carbons (Fsp3) is 0.235. The zero-order valence-corrected chi connectivity index (χ0v) is 11.6. The van der Waals surface area contributed by atoms with Crippen molar-refractivity contribution in [1.82, 2.24) is 5.32 Å². The molecule has 1 heterocycles. The Morgan fingerprint density at radius 2 is 2.05 bits per heavy atom. The van der Waals surface area contributed by atoms with Crippen molar-refractivity contribution in [3.8, 4) is 0 Å². The van der Waals surface area contributed by atoms with E-state index in [2.05, 4.69) is 16.7 Å². The van der Waals surface area contributed by atoms with Gasteiger partial charge in [0.15, 0.2) is 0 Å². The molecule has 102 valence electrons. The zero-order valence-electron chi connectivity index (χ0n) is 11.6. The van der Waals surface area contributed by atoms with Gasteiger partial charge in [0.05, 0.1) is 0 Å². The Kier molecular flexibility index (Phi) is 3.52. The zero-order chi connectivity index (χ0) is 13.9. The highest BCUT2D eigenvalue weighted by atomic mass is 16.1. The first-order valence-corrected chi connectivity index (χ1v) is 6.93. The van der Waals surface area contributed by atoms with Crippen molar-refractivity contribution in [2.24, 2.45) is 0 Å². The van der Waals surface area contributed by atoms with Crippen molar-refractivity contribution in [3.63, 3.8) is 0 Å². The Morgan fingerprint density at radius 3 is 2.90 bits per heavy atom. The first-order valence-electron chi connectivity index (χ1n) is 6.93. The van der Waals surface area contributed by atoms with Crippen LogP contribution in [-0.4, -0.2) is 12.5 Å². The second-order valence-electron chi connectivity index (χ2n) is 5.19. The SMILES string of the molecule is Cc1cccc(C(=O)Nc2cccc3c2CCNC3)c1. The number of anilines is 1. The lowest BCUT2D eigenvalue weighted by Gasteiger charge is -2.20. The van der Waals surface area contributed by atoms with E-state index in [1.807, 2.05) is 43.3 Å². The minimum atomic E-state index is -0.0411. The van der Waals surface area contributed by atoms with Crippen LogP contribution in [0.5, 0.6) is 0 Å². The number of aryl methyl sites for hydroxylation is 1. The number of nitrogens with one attached hydrogen (secondary N) is 2. The molecular formula is C17H18N2O. The summed E-state index contributed by atoms with van der Waals surface area (Å²) >= 11 is 0. The molecule has 0 unspecified atom stereocenters. The van der Waals surface area contributed by atoms with Crippen LogP contribution in [0.2, 0.25) is 0 Å². The third kappa shape index (κ3) is 2.58. The summed E-state index contributed by atoms with van der Waals surface area (Å²) in [6.45, 7) is 3.83. The maximum Gasteiger partial charge on any atom is 0.255 e. The van der Waals surface area contributed by atoms with E-state index in [-0.39, 0.29) is 5.91 Å². The molecule has 3 heteroatoms. The van der Waals surface area contributed by atoms with E-state index in [0.717, 1.165) is 30.8 Å². The maximum absolute atomic E-state index is 12.3. The lowest BCUT2D eigenvalue weighted by atomic mass is 9.99. The fourth-order valence-electron chi connectivity index (χ4n) is 2.63. The average molecular weight is 266 g/mol. The predicted octanol–water partition coefficient (Wildman–Crippen LogP) is 2.89. The van der Waals surface area contributed by atoms with Gasteiger partial charge in [-0.05, 0) is 49.2 Å². The van der Waals surface area contributed by atoms with Crippen LogP contribution in [0.25, 0.3) is 0 Å². The number of rotatable bonds is 2. The summed E-state index contributed by atoms with van der Waals surface area (Å²) in [5, 5.41) is 6.39. The van der Waals surface area contributed by atoms with Crippen LogP contribution in [0.3, 0.4) is 0 Å². The summed E-state index contributed by atoms with van der Waals surface area (Å²) in [7, 11) is 0. The molecule has 1 aliphatic rings. The molecule has 20 heavy (non-hydrogen) atoms. The lowest BCUT2D eigenvalue weighted by Crippen LogP contribution is -2.25. The third-order valence-electron chi connectivity index (χ3n) is 3.67. The van der Waals surface area contributed by atoms with E-state index in [9.17, 15) is 4.79 Å². The number of fused-ring (bicyclic) bond motifs is 1. The van der Waals surface area contributed by atoms with Gasteiger partial charge in [-0.1, -0.05) is 29.8 Å². The molecule has 2 aromatic rings. The summed E-state index contributed by atoms with van der Waals surface area (Å²) in [6, 6.07) is 13.8. The number of benzene rings is 2. The van der Waals surface area contributed by atoms with Crippen molar-refractivity contribution in [3.05, 3.63) is 64.7 Å². The molecule has 0 spiro atoms. The molecule has 0 saturated heterocycles. The second-order valence-corrected chi connectivity index (χ2v) is 5.19. The number of hydrogen-bond donors (Lipinski definition) is 2. The lowest BCUT2D eigenvalue weighted by molar-refractivity contribution is 0.102. The van der Waals surface area contributed by atoms with Crippen molar-refractivity contribution >= 4 is 11.6 Å². The van der Waals surface area contributed by atoms with E-state index in [1.165, 1.54) is 11.1 Å². The van der Waals surface area contributed by atoms with Gasteiger partial charge < -0.3 is 10.6 Å². The number of carbonyl (C=O) groups excluding carboxylic acids is 1. The minimum absolute atomic E-state index is 0.0411. The van der Waals surface area contributed by atoms with Gasteiger partial charge in [0.25, 0.3) is 5.91 Å². The van der Waals surface area contributed by atoms with Gasteiger partial charge in [-0.3, -0.25) is 4.79 Å². The van der Waals surface area contributed by atoms with Gasteiger partial charge >= 0.3 is 0 Å². The molecule has 1 amide bonds. The van der Waals surface area contributed by atoms with Crippen molar-refractivity contribution < 1.29 is 4.79 Å². The monoisotopic (exact) mass is 266 g/mol. The molecule has 2 N–H and O–H groups in total. The summed E-state index contributed by atoms with van der Waals surface area (Å²) < 4.78 is 0. The van der Waals surface area contributed by atoms with E-state index >= 15 is 0 Å². The Balaban J connectivity index is 1.86. The van der Waals surface area contributed by atoms with Crippen LogP contribution in [-0.2, 0) is 13.0 Å². The first-order chi connectivity index (χ1) is 9.74. The van der Waals surface area contributed by atoms with E-state index in [1.54, 1.807) is 0 Å². The smallest absolute Gasteiger partial charge is 0.255 e. The van der Waals surface area contributed by atoms with E-state index in [0.29, 0.717) is 5.56 Å². The van der Waals surface area contributed by atoms with Gasteiger partial charge in [0, 0.05) is 17.8 Å². The van der Waals surface area contributed by atoms with Crippen LogP contribution in [0.1, 0.15) is 27.0 Å². The Morgan fingerprint density at radius 1 is 1.20 bits per heavy atom. The highest BCUT2D eigenvalue weighted by Crippen LogP contribution is 2.23. The molecule has 3 nitrogen and oxygen atoms in total. The molecule has 2 aromatic carbocycles. The third-order valence-corrected chi connectivity index (χ3v) is 3.67. The fourth-order valence-corrected chi connectivity index (χ4v) is 2.63. The molecule has 0 radical (unpaired) electrons. The minimum Gasteiger partial charge on any atom is -0.322 e. The Labute approximate surface area is 119 Å². The van der Waals surface area contributed by atoms with Gasteiger partial charge in [0.2, 0.25) is 0 Å². The highest BCUT2D eigenvalue weighted by Gasteiger charge is 2.14. The highest BCUT2D eigenvalue weighted by molar-refractivity contribution is 6.04. The summed E-state index contributed by atoms with van der Waals surface area (Å²) in [6.07, 6.45) is 0.958. The average Bonchev–Trinajstić information content (AvgIpc) is 2.47. The van der Waals surface area contributed by atoms with E-state index in [4.69, 9.17) is 0 Å². The molecular weight excluding hydrogens is 248 g/mol. The van der Waals surface area contributed by atoms with Crippen LogP contribution in [0.4, 0.5) is 5.69 Å².